The lowest BCUT2D eigenvalue weighted by Crippen LogP contribution is -2.19. The van der Waals surface area contributed by atoms with Crippen molar-refractivity contribution >= 4 is 17.3 Å². The molecule has 1 aromatic carbocycles. The molecule has 0 radical (unpaired) electrons. The van der Waals surface area contributed by atoms with E-state index >= 15 is 0 Å². The molecule has 3 nitrogen and oxygen atoms in total. The summed E-state index contributed by atoms with van der Waals surface area (Å²) in [6.07, 6.45) is 4.97. The lowest BCUT2D eigenvalue weighted by atomic mass is 9.90. The van der Waals surface area contributed by atoms with Gasteiger partial charge >= 0.3 is 5.97 Å². The van der Waals surface area contributed by atoms with E-state index in [4.69, 9.17) is 4.74 Å². The number of rotatable bonds is 11. The fraction of sp³-hybridized carbons (Fsp3) is 0.476. The molecule has 25 heavy (non-hydrogen) atoms. The number of carboxylic acids is 1. The van der Waals surface area contributed by atoms with E-state index in [1.807, 2.05) is 32.0 Å². The predicted octanol–water partition coefficient (Wildman–Crippen LogP) is 5.79. The maximum absolute atomic E-state index is 11.2. The van der Waals surface area contributed by atoms with Crippen LogP contribution < -0.4 is 4.74 Å². The average Bonchev–Trinajstić information content (AvgIpc) is 3.10. The van der Waals surface area contributed by atoms with Crippen molar-refractivity contribution in [3.05, 3.63) is 52.2 Å². The van der Waals surface area contributed by atoms with Crippen molar-refractivity contribution in [3.63, 3.8) is 0 Å². The molecule has 4 heteroatoms. The van der Waals surface area contributed by atoms with Crippen LogP contribution >= 0.6 is 11.3 Å². The van der Waals surface area contributed by atoms with Gasteiger partial charge in [0.25, 0.3) is 0 Å². The quantitative estimate of drug-likeness (QED) is 0.516. The maximum Gasteiger partial charge on any atom is 0.306 e. The number of carbonyl (C=O) groups is 1. The molecule has 1 heterocycles. The van der Waals surface area contributed by atoms with Gasteiger partial charge in [-0.05, 0) is 54.3 Å². The molecule has 0 saturated heterocycles. The van der Waals surface area contributed by atoms with Gasteiger partial charge in [0.05, 0.1) is 5.92 Å². The van der Waals surface area contributed by atoms with Gasteiger partial charge in [0.2, 0.25) is 0 Å². The number of aryl methyl sites for hydroxylation is 1. The third-order valence-corrected chi connectivity index (χ3v) is 5.34. The molecular weight excluding hydrogens is 332 g/mol. The molecule has 1 unspecified atom stereocenters. The second kappa shape index (κ2) is 10.2. The minimum absolute atomic E-state index is 0.208. The Kier molecular flexibility index (Phi) is 7.99. The molecule has 2 aromatic rings. The van der Waals surface area contributed by atoms with Gasteiger partial charge in [-0.15, -0.1) is 11.3 Å². The summed E-state index contributed by atoms with van der Waals surface area (Å²) in [5, 5.41) is 11.3. The molecular formula is C21H28O3S. The summed E-state index contributed by atoms with van der Waals surface area (Å²) < 4.78 is 5.77. The zero-order valence-corrected chi connectivity index (χ0v) is 15.9. The molecule has 1 N–H and O–H groups in total. The molecule has 0 fully saturated rings. The second-order valence-corrected chi connectivity index (χ2v) is 7.83. The summed E-state index contributed by atoms with van der Waals surface area (Å²) in [5.74, 6) is 0.241. The summed E-state index contributed by atoms with van der Waals surface area (Å²) in [5.41, 5.74) is 1.31. The van der Waals surface area contributed by atoms with Crippen LogP contribution in [0.4, 0.5) is 0 Å². The van der Waals surface area contributed by atoms with E-state index in [1.165, 1.54) is 10.4 Å². The SMILES string of the molecule is CC(C)C(CCCCCc1ccc(OCc2cccs2)cc1)C(=O)O. The Balaban J connectivity index is 1.65. The highest BCUT2D eigenvalue weighted by molar-refractivity contribution is 7.09. The van der Waals surface area contributed by atoms with Crippen molar-refractivity contribution in [3.8, 4) is 5.75 Å². The first-order valence-corrected chi connectivity index (χ1v) is 9.91. The molecule has 0 aliphatic heterocycles. The predicted molar refractivity (Wildman–Crippen MR) is 103 cm³/mol. The number of aliphatic carboxylic acids is 1. The Morgan fingerprint density at radius 1 is 1.12 bits per heavy atom. The first kappa shape index (κ1) is 19.5. The van der Waals surface area contributed by atoms with Gasteiger partial charge in [0.15, 0.2) is 0 Å². The van der Waals surface area contributed by atoms with Gasteiger partial charge in [-0.1, -0.05) is 44.9 Å². The minimum atomic E-state index is -0.659. The molecule has 0 aliphatic rings. The van der Waals surface area contributed by atoms with Crippen molar-refractivity contribution in [2.24, 2.45) is 11.8 Å². The van der Waals surface area contributed by atoms with Gasteiger partial charge in [0.1, 0.15) is 12.4 Å². The molecule has 2 rings (SSSR count). The lowest BCUT2D eigenvalue weighted by Gasteiger charge is -2.15. The zero-order chi connectivity index (χ0) is 18.1. The van der Waals surface area contributed by atoms with Crippen LogP contribution in [0.15, 0.2) is 41.8 Å². The minimum Gasteiger partial charge on any atom is -0.488 e. The summed E-state index contributed by atoms with van der Waals surface area (Å²) in [6.45, 7) is 4.60. The smallest absolute Gasteiger partial charge is 0.306 e. The van der Waals surface area contributed by atoms with Crippen molar-refractivity contribution in [1.29, 1.82) is 0 Å². The van der Waals surface area contributed by atoms with Crippen LogP contribution in [0.5, 0.6) is 5.75 Å². The Morgan fingerprint density at radius 3 is 2.48 bits per heavy atom. The van der Waals surface area contributed by atoms with Crippen LogP contribution in [-0.2, 0) is 17.8 Å². The van der Waals surface area contributed by atoms with E-state index in [1.54, 1.807) is 11.3 Å². The normalized spacial score (nSPS) is 12.3. The first-order valence-electron chi connectivity index (χ1n) is 9.03. The Morgan fingerprint density at radius 2 is 1.88 bits per heavy atom. The van der Waals surface area contributed by atoms with Crippen LogP contribution in [-0.4, -0.2) is 11.1 Å². The van der Waals surface area contributed by atoms with Crippen molar-refractivity contribution in [2.75, 3.05) is 0 Å². The topological polar surface area (TPSA) is 46.5 Å². The molecule has 0 spiro atoms. The van der Waals surface area contributed by atoms with Crippen molar-refractivity contribution in [1.82, 2.24) is 0 Å². The third kappa shape index (κ3) is 6.91. The number of unbranched alkanes of at least 4 members (excludes halogenated alkanes) is 2. The van der Waals surface area contributed by atoms with E-state index in [2.05, 4.69) is 23.6 Å². The standard InChI is InChI=1S/C21H28O3S/c1-16(2)20(21(22)23)9-5-3-4-7-17-10-12-18(13-11-17)24-15-19-8-6-14-25-19/h6,8,10-14,16,20H,3-5,7,9,15H2,1-2H3,(H,22,23). The van der Waals surface area contributed by atoms with Gasteiger partial charge in [0, 0.05) is 4.88 Å². The highest BCUT2D eigenvalue weighted by Crippen LogP contribution is 2.20. The summed E-state index contributed by atoms with van der Waals surface area (Å²) in [6, 6.07) is 12.4. The number of hydrogen-bond donors (Lipinski definition) is 1. The number of benzene rings is 1. The van der Waals surface area contributed by atoms with Crippen LogP contribution in [0.25, 0.3) is 0 Å². The first-order chi connectivity index (χ1) is 12.1. The largest absolute Gasteiger partial charge is 0.488 e. The van der Waals surface area contributed by atoms with E-state index in [0.717, 1.165) is 37.9 Å². The van der Waals surface area contributed by atoms with Gasteiger partial charge in [-0.3, -0.25) is 4.79 Å². The fourth-order valence-corrected chi connectivity index (χ4v) is 3.53. The van der Waals surface area contributed by atoms with E-state index < -0.39 is 5.97 Å². The van der Waals surface area contributed by atoms with Crippen LogP contribution in [0, 0.1) is 11.8 Å². The molecule has 1 aromatic heterocycles. The molecule has 1 atom stereocenters. The summed E-state index contributed by atoms with van der Waals surface area (Å²) in [7, 11) is 0. The van der Waals surface area contributed by atoms with Crippen molar-refractivity contribution in [2.45, 2.75) is 52.6 Å². The fourth-order valence-electron chi connectivity index (χ4n) is 2.91. The monoisotopic (exact) mass is 360 g/mol. The Labute approximate surface area is 154 Å². The van der Waals surface area contributed by atoms with Crippen LogP contribution in [0.3, 0.4) is 0 Å². The van der Waals surface area contributed by atoms with Gasteiger partial charge in [-0.2, -0.15) is 0 Å². The van der Waals surface area contributed by atoms with Crippen LogP contribution in [0.1, 0.15) is 50.0 Å². The molecule has 0 amide bonds. The molecule has 0 bridgehead atoms. The van der Waals surface area contributed by atoms with Gasteiger partial charge < -0.3 is 9.84 Å². The highest BCUT2D eigenvalue weighted by Gasteiger charge is 2.20. The van der Waals surface area contributed by atoms with E-state index in [-0.39, 0.29) is 11.8 Å². The molecule has 0 aliphatic carbocycles. The molecule has 136 valence electrons. The Bertz CT molecular complexity index is 617. The van der Waals surface area contributed by atoms with E-state index in [0.29, 0.717) is 6.61 Å². The molecule has 0 saturated carbocycles. The van der Waals surface area contributed by atoms with Crippen molar-refractivity contribution < 1.29 is 14.6 Å². The number of ether oxygens (including phenoxy) is 1. The van der Waals surface area contributed by atoms with Gasteiger partial charge in [-0.25, -0.2) is 0 Å². The lowest BCUT2D eigenvalue weighted by molar-refractivity contribution is -0.143. The maximum atomic E-state index is 11.2. The number of hydrogen-bond acceptors (Lipinski definition) is 3. The second-order valence-electron chi connectivity index (χ2n) is 6.80. The highest BCUT2D eigenvalue weighted by atomic mass is 32.1. The summed E-state index contributed by atoms with van der Waals surface area (Å²) >= 11 is 1.70. The van der Waals surface area contributed by atoms with Crippen LogP contribution in [0.2, 0.25) is 0 Å². The number of carboxylic acid groups (broad SMARTS) is 1. The number of thiophene rings is 1. The zero-order valence-electron chi connectivity index (χ0n) is 15.1. The Hall–Kier alpha value is -1.81. The summed E-state index contributed by atoms with van der Waals surface area (Å²) in [4.78, 5) is 12.4. The third-order valence-electron chi connectivity index (χ3n) is 4.49. The average molecular weight is 361 g/mol. The van der Waals surface area contributed by atoms with E-state index in [9.17, 15) is 9.90 Å².